The largest absolute Gasteiger partial charge is 0.295 e. The first-order valence-electron chi connectivity index (χ1n) is 5.35. The number of rotatable bonds is 2. The van der Waals surface area contributed by atoms with Crippen LogP contribution in [0, 0.1) is 0 Å². The number of nitrogens with two attached hydrogens (primary N) is 1. The lowest BCUT2D eigenvalue weighted by Crippen LogP contribution is -2.47. The van der Waals surface area contributed by atoms with E-state index in [0.717, 1.165) is 23.4 Å². The third-order valence-corrected chi connectivity index (χ3v) is 4.30. The van der Waals surface area contributed by atoms with Crippen molar-refractivity contribution in [3.8, 4) is 0 Å². The van der Waals surface area contributed by atoms with Gasteiger partial charge in [0.1, 0.15) is 0 Å². The van der Waals surface area contributed by atoms with E-state index in [0.29, 0.717) is 0 Å². The second-order valence-corrected chi connectivity index (χ2v) is 5.59. The van der Waals surface area contributed by atoms with Crippen LogP contribution in [-0.2, 0) is 0 Å². The molecule has 0 radical (unpaired) electrons. The Hall–Kier alpha value is 0.270. The highest BCUT2D eigenvalue weighted by Crippen LogP contribution is 2.39. The van der Waals surface area contributed by atoms with E-state index in [2.05, 4.69) is 18.7 Å². The summed E-state index contributed by atoms with van der Waals surface area (Å²) in [6.07, 6.45) is 5.44. The average molecular weight is 200 g/mol. The average Bonchev–Trinajstić information content (AvgIpc) is 2.37. The van der Waals surface area contributed by atoms with E-state index in [-0.39, 0.29) is 0 Å². The molecule has 2 N–H and O–H groups in total. The standard InChI is InChI=1S/C10H20N2S/c1-7(2)12-8-3-4-9(12)6-10(5-8)13-11/h7-10H,3-6,11H2,1-2H3/t8-,9?,10?/m0/s1. The van der Waals surface area contributed by atoms with Crippen LogP contribution >= 0.6 is 11.9 Å². The van der Waals surface area contributed by atoms with E-state index in [4.69, 9.17) is 5.14 Å². The van der Waals surface area contributed by atoms with Gasteiger partial charge in [-0.2, -0.15) is 0 Å². The van der Waals surface area contributed by atoms with Crippen LogP contribution in [0.3, 0.4) is 0 Å². The monoisotopic (exact) mass is 200 g/mol. The molecule has 0 aromatic carbocycles. The molecule has 3 atom stereocenters. The van der Waals surface area contributed by atoms with E-state index < -0.39 is 0 Å². The summed E-state index contributed by atoms with van der Waals surface area (Å²) in [4.78, 5) is 2.72. The van der Waals surface area contributed by atoms with Crippen molar-refractivity contribution >= 4 is 11.9 Å². The van der Waals surface area contributed by atoms with Gasteiger partial charge < -0.3 is 0 Å². The topological polar surface area (TPSA) is 29.3 Å². The van der Waals surface area contributed by atoms with Crippen molar-refractivity contribution in [1.82, 2.24) is 4.90 Å². The second kappa shape index (κ2) is 3.79. The highest BCUT2D eigenvalue weighted by molar-refractivity contribution is 7.97. The lowest BCUT2D eigenvalue weighted by Gasteiger charge is -2.40. The van der Waals surface area contributed by atoms with E-state index in [1.54, 1.807) is 11.9 Å². The minimum Gasteiger partial charge on any atom is -0.295 e. The first-order chi connectivity index (χ1) is 6.22. The smallest absolute Gasteiger partial charge is 0.0220 e. The van der Waals surface area contributed by atoms with Gasteiger partial charge in [0.05, 0.1) is 0 Å². The Balaban J connectivity index is 2.04. The summed E-state index contributed by atoms with van der Waals surface area (Å²) in [6, 6.07) is 2.39. The van der Waals surface area contributed by atoms with Crippen molar-refractivity contribution in [2.24, 2.45) is 5.14 Å². The number of hydrogen-bond donors (Lipinski definition) is 1. The normalized spacial score (nSPS) is 40.2. The molecule has 2 bridgehead atoms. The molecule has 0 aromatic heterocycles. The first-order valence-corrected chi connectivity index (χ1v) is 6.29. The van der Waals surface area contributed by atoms with E-state index in [9.17, 15) is 0 Å². The molecule has 2 heterocycles. The Morgan fingerprint density at radius 2 is 1.77 bits per heavy atom. The Kier molecular flexibility index (Phi) is 2.86. The van der Waals surface area contributed by atoms with E-state index in [1.165, 1.54) is 25.7 Å². The van der Waals surface area contributed by atoms with Crippen LogP contribution in [0.2, 0.25) is 0 Å². The van der Waals surface area contributed by atoms with Crippen LogP contribution in [0.15, 0.2) is 0 Å². The predicted molar refractivity (Wildman–Crippen MR) is 58.6 cm³/mol. The lowest BCUT2D eigenvalue weighted by molar-refractivity contribution is 0.107. The minimum absolute atomic E-state index is 0.723. The number of nitrogens with zero attached hydrogens (tertiary/aromatic N) is 1. The maximum atomic E-state index is 5.68. The highest BCUT2D eigenvalue weighted by Gasteiger charge is 2.41. The van der Waals surface area contributed by atoms with Crippen LogP contribution in [0.4, 0.5) is 0 Å². The molecule has 3 heteroatoms. The molecule has 2 fully saturated rings. The van der Waals surface area contributed by atoms with Crippen LogP contribution in [-0.4, -0.2) is 28.3 Å². The van der Waals surface area contributed by atoms with Crippen molar-refractivity contribution in [2.45, 2.75) is 62.9 Å². The van der Waals surface area contributed by atoms with Gasteiger partial charge in [-0.25, -0.2) is 0 Å². The Morgan fingerprint density at radius 1 is 1.23 bits per heavy atom. The summed E-state index contributed by atoms with van der Waals surface area (Å²) in [7, 11) is 0. The zero-order valence-electron chi connectivity index (χ0n) is 8.57. The van der Waals surface area contributed by atoms with Gasteiger partial charge in [-0.3, -0.25) is 10.0 Å². The molecule has 13 heavy (non-hydrogen) atoms. The summed E-state index contributed by atoms with van der Waals surface area (Å²) in [5.41, 5.74) is 0. The van der Waals surface area contributed by atoms with Gasteiger partial charge in [0.2, 0.25) is 0 Å². The third-order valence-electron chi connectivity index (χ3n) is 3.54. The van der Waals surface area contributed by atoms with Crippen LogP contribution in [0.1, 0.15) is 39.5 Å². The maximum Gasteiger partial charge on any atom is 0.0220 e. The number of piperidine rings is 1. The summed E-state index contributed by atoms with van der Waals surface area (Å²) < 4.78 is 0. The van der Waals surface area contributed by atoms with Gasteiger partial charge in [-0.05, 0) is 39.5 Å². The fourth-order valence-corrected chi connectivity index (χ4v) is 3.78. The van der Waals surface area contributed by atoms with Crippen LogP contribution in [0.5, 0.6) is 0 Å². The van der Waals surface area contributed by atoms with E-state index in [1.807, 2.05) is 0 Å². The molecule has 2 saturated heterocycles. The minimum atomic E-state index is 0.723. The Labute approximate surface area is 85.4 Å². The predicted octanol–water partition coefficient (Wildman–Crippen LogP) is 2.00. The van der Waals surface area contributed by atoms with Crippen molar-refractivity contribution in [2.75, 3.05) is 0 Å². The molecule has 0 aliphatic carbocycles. The molecule has 2 aliphatic heterocycles. The molecule has 2 aliphatic rings. The molecular formula is C10H20N2S. The number of fused-ring (bicyclic) bond motifs is 2. The van der Waals surface area contributed by atoms with Gasteiger partial charge in [0, 0.05) is 23.4 Å². The first kappa shape index (κ1) is 9.81. The fraction of sp³-hybridized carbons (Fsp3) is 1.00. The van der Waals surface area contributed by atoms with Crippen molar-refractivity contribution in [1.29, 1.82) is 0 Å². The SMILES string of the molecule is CC(C)N1C2CC[C@H]1CC(SN)C2. The molecule has 0 saturated carbocycles. The van der Waals surface area contributed by atoms with Crippen LogP contribution < -0.4 is 5.14 Å². The summed E-state index contributed by atoms with van der Waals surface area (Å²) in [5, 5.41) is 6.40. The number of hydrogen-bond acceptors (Lipinski definition) is 3. The van der Waals surface area contributed by atoms with Gasteiger partial charge in [-0.1, -0.05) is 11.9 Å². The van der Waals surface area contributed by atoms with Crippen LogP contribution in [0.25, 0.3) is 0 Å². The zero-order chi connectivity index (χ0) is 9.42. The molecule has 2 rings (SSSR count). The summed E-state index contributed by atoms with van der Waals surface area (Å²) >= 11 is 1.58. The van der Waals surface area contributed by atoms with E-state index >= 15 is 0 Å². The fourth-order valence-electron chi connectivity index (χ4n) is 3.12. The maximum absolute atomic E-state index is 5.68. The molecule has 0 amide bonds. The zero-order valence-corrected chi connectivity index (χ0v) is 9.39. The molecule has 0 aromatic rings. The second-order valence-electron chi connectivity index (χ2n) is 4.66. The van der Waals surface area contributed by atoms with Gasteiger partial charge in [-0.15, -0.1) is 0 Å². The van der Waals surface area contributed by atoms with Crippen molar-refractivity contribution in [3.63, 3.8) is 0 Å². The summed E-state index contributed by atoms with van der Waals surface area (Å²) in [5.74, 6) is 0. The quantitative estimate of drug-likeness (QED) is 0.691. The highest BCUT2D eigenvalue weighted by atomic mass is 32.2. The van der Waals surface area contributed by atoms with Gasteiger partial charge in [0.15, 0.2) is 0 Å². The molecular weight excluding hydrogens is 180 g/mol. The molecule has 76 valence electrons. The Morgan fingerprint density at radius 3 is 2.15 bits per heavy atom. The third kappa shape index (κ3) is 1.74. The van der Waals surface area contributed by atoms with Crippen molar-refractivity contribution < 1.29 is 0 Å². The van der Waals surface area contributed by atoms with Crippen molar-refractivity contribution in [3.05, 3.63) is 0 Å². The van der Waals surface area contributed by atoms with Gasteiger partial charge >= 0.3 is 0 Å². The Bertz CT molecular complexity index is 170. The molecule has 0 spiro atoms. The van der Waals surface area contributed by atoms with Gasteiger partial charge in [0.25, 0.3) is 0 Å². The molecule has 2 nitrogen and oxygen atoms in total. The molecule has 2 unspecified atom stereocenters. The summed E-state index contributed by atoms with van der Waals surface area (Å²) in [6.45, 7) is 4.64. The lowest BCUT2D eigenvalue weighted by atomic mass is 10.0.